The van der Waals surface area contributed by atoms with Crippen molar-refractivity contribution in [3.63, 3.8) is 0 Å². The van der Waals surface area contributed by atoms with E-state index in [1.165, 1.54) is 25.7 Å². The third-order valence-corrected chi connectivity index (χ3v) is 2.91. The van der Waals surface area contributed by atoms with Gasteiger partial charge >= 0.3 is 0 Å². The van der Waals surface area contributed by atoms with Gasteiger partial charge in [-0.25, -0.2) is 4.39 Å². The molecule has 1 aliphatic rings. The molecule has 1 fully saturated rings. The molecule has 1 aliphatic carbocycles. The molecule has 0 aromatic rings. The smallest absolute Gasteiger partial charge is 0.117 e. The number of halogens is 1. The first kappa shape index (κ1) is 10.9. The van der Waals surface area contributed by atoms with Crippen molar-refractivity contribution in [2.24, 2.45) is 5.92 Å². The first-order valence-corrected chi connectivity index (χ1v) is 5.21. The summed E-state index contributed by atoms with van der Waals surface area (Å²) >= 11 is 0. The van der Waals surface area contributed by atoms with Gasteiger partial charge < -0.3 is 10.4 Å². The predicted octanol–water partition coefficient (Wildman–Crippen LogP) is 1.49. The van der Waals surface area contributed by atoms with Gasteiger partial charge in [0.15, 0.2) is 0 Å². The summed E-state index contributed by atoms with van der Waals surface area (Å²) in [4.78, 5) is 0. The molecule has 3 unspecified atom stereocenters. The Morgan fingerprint density at radius 2 is 2.15 bits per heavy atom. The van der Waals surface area contributed by atoms with Crippen LogP contribution in [0.1, 0.15) is 32.6 Å². The zero-order valence-electron chi connectivity index (χ0n) is 8.30. The Labute approximate surface area is 79.5 Å². The van der Waals surface area contributed by atoms with Crippen molar-refractivity contribution in [2.45, 2.75) is 44.8 Å². The van der Waals surface area contributed by atoms with Gasteiger partial charge in [0.1, 0.15) is 6.67 Å². The van der Waals surface area contributed by atoms with E-state index in [2.05, 4.69) is 12.2 Å². The standard InChI is InChI=1S/C10H20FNO/c1-8-4-2-3-5-10(8)12-7-9(13)6-11/h8-10,12-13H,2-7H2,1H3. The molecule has 0 spiro atoms. The van der Waals surface area contributed by atoms with Gasteiger partial charge in [-0.2, -0.15) is 0 Å². The molecule has 1 rings (SSSR count). The van der Waals surface area contributed by atoms with E-state index in [1.54, 1.807) is 0 Å². The van der Waals surface area contributed by atoms with Crippen LogP contribution in [0.15, 0.2) is 0 Å². The van der Waals surface area contributed by atoms with Gasteiger partial charge in [0, 0.05) is 12.6 Å². The summed E-state index contributed by atoms with van der Waals surface area (Å²) in [6.45, 7) is 1.97. The number of aliphatic hydroxyl groups excluding tert-OH is 1. The Kier molecular flexibility index (Phi) is 4.67. The highest BCUT2D eigenvalue weighted by Gasteiger charge is 2.21. The third kappa shape index (κ3) is 3.61. The van der Waals surface area contributed by atoms with Crippen LogP contribution in [0, 0.1) is 5.92 Å². The van der Waals surface area contributed by atoms with Crippen molar-refractivity contribution in [1.82, 2.24) is 5.32 Å². The van der Waals surface area contributed by atoms with Gasteiger partial charge in [-0.15, -0.1) is 0 Å². The Bertz CT molecular complexity index is 143. The molecule has 0 aromatic carbocycles. The quantitative estimate of drug-likeness (QED) is 0.702. The maximum atomic E-state index is 11.9. The lowest BCUT2D eigenvalue weighted by Crippen LogP contribution is -2.41. The molecule has 3 heteroatoms. The molecule has 0 heterocycles. The molecule has 0 aromatic heterocycles. The maximum Gasteiger partial charge on any atom is 0.117 e. The van der Waals surface area contributed by atoms with Crippen LogP contribution < -0.4 is 5.32 Å². The second-order valence-corrected chi connectivity index (χ2v) is 4.08. The molecular weight excluding hydrogens is 169 g/mol. The van der Waals surface area contributed by atoms with Gasteiger partial charge in [-0.3, -0.25) is 0 Å². The van der Waals surface area contributed by atoms with E-state index in [4.69, 9.17) is 5.11 Å². The highest BCUT2D eigenvalue weighted by Crippen LogP contribution is 2.23. The molecule has 0 bridgehead atoms. The summed E-state index contributed by atoms with van der Waals surface area (Å²) in [5, 5.41) is 12.3. The molecule has 13 heavy (non-hydrogen) atoms. The van der Waals surface area contributed by atoms with Gasteiger partial charge in [-0.05, 0) is 18.8 Å². The zero-order chi connectivity index (χ0) is 9.68. The van der Waals surface area contributed by atoms with E-state index < -0.39 is 12.8 Å². The lowest BCUT2D eigenvalue weighted by Gasteiger charge is -2.30. The lowest BCUT2D eigenvalue weighted by molar-refractivity contribution is 0.126. The maximum absolute atomic E-state index is 11.9. The van der Waals surface area contributed by atoms with Crippen LogP contribution in [-0.4, -0.2) is 30.5 Å². The van der Waals surface area contributed by atoms with Gasteiger partial charge in [0.25, 0.3) is 0 Å². The molecule has 2 nitrogen and oxygen atoms in total. The monoisotopic (exact) mass is 189 g/mol. The fourth-order valence-corrected chi connectivity index (χ4v) is 1.96. The van der Waals surface area contributed by atoms with Gasteiger partial charge in [0.2, 0.25) is 0 Å². The summed E-state index contributed by atoms with van der Waals surface area (Å²) in [6.07, 6.45) is 4.16. The van der Waals surface area contributed by atoms with E-state index >= 15 is 0 Å². The zero-order valence-corrected chi connectivity index (χ0v) is 8.30. The van der Waals surface area contributed by atoms with Gasteiger partial charge in [0.05, 0.1) is 6.10 Å². The van der Waals surface area contributed by atoms with E-state index in [0.717, 1.165) is 0 Å². The average Bonchev–Trinajstić information content (AvgIpc) is 2.16. The topological polar surface area (TPSA) is 32.3 Å². The second-order valence-electron chi connectivity index (χ2n) is 4.08. The number of aliphatic hydroxyl groups is 1. The molecule has 0 radical (unpaired) electrons. The van der Waals surface area contributed by atoms with Crippen molar-refractivity contribution in [3.8, 4) is 0 Å². The fraction of sp³-hybridized carbons (Fsp3) is 1.00. The second kappa shape index (κ2) is 5.55. The third-order valence-electron chi connectivity index (χ3n) is 2.91. The van der Waals surface area contributed by atoms with Crippen LogP contribution in [0.25, 0.3) is 0 Å². The Morgan fingerprint density at radius 1 is 1.46 bits per heavy atom. The molecule has 78 valence electrons. The Hall–Kier alpha value is -0.150. The van der Waals surface area contributed by atoms with Crippen LogP contribution >= 0.6 is 0 Å². The van der Waals surface area contributed by atoms with Crippen molar-refractivity contribution in [3.05, 3.63) is 0 Å². The van der Waals surface area contributed by atoms with Gasteiger partial charge in [-0.1, -0.05) is 19.8 Å². The molecular formula is C10H20FNO. The Balaban J connectivity index is 2.18. The number of hydrogen-bond donors (Lipinski definition) is 2. The SMILES string of the molecule is CC1CCCCC1NCC(O)CF. The number of alkyl halides is 1. The highest BCUT2D eigenvalue weighted by atomic mass is 19.1. The number of nitrogens with one attached hydrogen (secondary N) is 1. The molecule has 0 aliphatic heterocycles. The molecule has 2 N–H and O–H groups in total. The minimum absolute atomic E-state index is 0.394. The molecule has 0 amide bonds. The van der Waals surface area contributed by atoms with Crippen molar-refractivity contribution in [1.29, 1.82) is 0 Å². The average molecular weight is 189 g/mol. The molecule has 3 atom stereocenters. The fourth-order valence-electron chi connectivity index (χ4n) is 1.96. The number of hydrogen-bond acceptors (Lipinski definition) is 2. The van der Waals surface area contributed by atoms with Crippen LogP contribution in [0.5, 0.6) is 0 Å². The van der Waals surface area contributed by atoms with E-state index in [1.807, 2.05) is 0 Å². The number of rotatable bonds is 4. The summed E-state index contributed by atoms with van der Waals surface area (Å²) in [7, 11) is 0. The molecule has 0 saturated heterocycles. The van der Waals surface area contributed by atoms with Crippen LogP contribution in [0.2, 0.25) is 0 Å². The van der Waals surface area contributed by atoms with Crippen molar-refractivity contribution < 1.29 is 9.50 Å². The summed E-state index contributed by atoms with van der Waals surface area (Å²) < 4.78 is 11.9. The predicted molar refractivity (Wildman–Crippen MR) is 51.4 cm³/mol. The summed E-state index contributed by atoms with van der Waals surface area (Å²) in [5.74, 6) is 0.667. The minimum atomic E-state index is -0.825. The summed E-state index contributed by atoms with van der Waals surface area (Å²) in [6, 6.07) is 0.481. The van der Waals surface area contributed by atoms with Crippen LogP contribution in [-0.2, 0) is 0 Å². The largest absolute Gasteiger partial charge is 0.389 e. The van der Waals surface area contributed by atoms with Crippen molar-refractivity contribution in [2.75, 3.05) is 13.2 Å². The highest BCUT2D eigenvalue weighted by molar-refractivity contribution is 4.78. The van der Waals surface area contributed by atoms with Crippen LogP contribution in [0.4, 0.5) is 4.39 Å². The lowest BCUT2D eigenvalue weighted by atomic mass is 9.86. The van der Waals surface area contributed by atoms with Crippen molar-refractivity contribution >= 4 is 0 Å². The Morgan fingerprint density at radius 3 is 2.77 bits per heavy atom. The van der Waals surface area contributed by atoms with E-state index in [-0.39, 0.29) is 0 Å². The summed E-state index contributed by atoms with van der Waals surface area (Å²) in [5.41, 5.74) is 0. The van der Waals surface area contributed by atoms with E-state index in [9.17, 15) is 4.39 Å². The first-order chi connectivity index (χ1) is 6.24. The normalized spacial score (nSPS) is 31.6. The first-order valence-electron chi connectivity index (χ1n) is 5.21. The van der Waals surface area contributed by atoms with E-state index in [0.29, 0.717) is 18.5 Å². The van der Waals surface area contributed by atoms with Crippen LogP contribution in [0.3, 0.4) is 0 Å². The minimum Gasteiger partial charge on any atom is -0.389 e. The molecule has 1 saturated carbocycles.